The van der Waals surface area contributed by atoms with E-state index in [0.29, 0.717) is 31.4 Å². The molecule has 0 aliphatic carbocycles. The highest BCUT2D eigenvalue weighted by atomic mass is 79.9. The molecule has 3 rings (SSSR count). The van der Waals surface area contributed by atoms with Crippen molar-refractivity contribution in [2.24, 2.45) is 0 Å². The van der Waals surface area contributed by atoms with Crippen molar-refractivity contribution in [2.45, 2.75) is 10.4 Å². The van der Waals surface area contributed by atoms with Gasteiger partial charge < -0.3 is 0 Å². The summed E-state index contributed by atoms with van der Waals surface area (Å²) < 4.78 is 31.1. The van der Waals surface area contributed by atoms with Crippen LogP contribution in [0.5, 0.6) is 0 Å². The minimum absolute atomic E-state index is 0.0487. The van der Waals surface area contributed by atoms with Crippen molar-refractivity contribution in [2.75, 3.05) is 7.05 Å². The minimum Gasteiger partial charge on any atom is -0.281 e. The van der Waals surface area contributed by atoms with Gasteiger partial charge in [0.15, 0.2) is 18.9 Å². The molecule has 0 atom stereocenters. The number of rotatable bonds is 5. The highest BCUT2D eigenvalue weighted by Crippen LogP contribution is 2.39. The number of carbonyl (C=O) groups is 1. The maximum absolute atomic E-state index is 14.3. The van der Waals surface area contributed by atoms with Gasteiger partial charge in [0, 0.05) is 10.8 Å². The van der Waals surface area contributed by atoms with Crippen molar-refractivity contribution < 1.29 is 23.2 Å². The Bertz CT molecular complexity index is 1140. The number of hydrogen-bond acceptors (Lipinski definition) is 5. The van der Waals surface area contributed by atoms with E-state index < -0.39 is 11.2 Å². The monoisotopic (exact) mass is 465 g/mol. The molecule has 0 bridgehead atoms. The van der Waals surface area contributed by atoms with E-state index in [9.17, 15) is 18.8 Å². The van der Waals surface area contributed by atoms with Crippen molar-refractivity contribution in [3.63, 3.8) is 0 Å². The second-order valence-corrected chi connectivity index (χ2v) is 7.51. The summed E-state index contributed by atoms with van der Waals surface area (Å²) in [6.45, 7) is 3.21. The number of imidazole rings is 1. The second kappa shape index (κ2) is 7.69. The summed E-state index contributed by atoms with van der Waals surface area (Å²) in [4.78, 5) is 20.0. The molecule has 0 radical (unpaired) electrons. The molecule has 0 aliphatic rings. The lowest BCUT2D eigenvalue weighted by molar-refractivity contribution is -0.736. The van der Waals surface area contributed by atoms with Crippen LogP contribution in [0.1, 0.15) is 5.56 Å². The summed E-state index contributed by atoms with van der Waals surface area (Å²) in [5.74, 6) is -1.76. The van der Waals surface area contributed by atoms with Crippen LogP contribution in [0.15, 0.2) is 52.4 Å². The number of fused-ring (bicyclic) bond motifs is 1. The zero-order valence-electron chi connectivity index (χ0n) is 14.4. The van der Waals surface area contributed by atoms with Crippen LogP contribution in [0.4, 0.5) is 8.78 Å². The van der Waals surface area contributed by atoms with E-state index in [0.717, 1.165) is 0 Å². The molecule has 0 unspecified atom stereocenters. The molecule has 28 heavy (non-hydrogen) atoms. The van der Waals surface area contributed by atoms with E-state index >= 15 is 0 Å². The van der Waals surface area contributed by atoms with Crippen LogP contribution in [0.3, 0.4) is 0 Å². The normalized spacial score (nSPS) is 11.2. The van der Waals surface area contributed by atoms with E-state index in [1.807, 2.05) is 0 Å². The molecule has 1 aromatic heterocycles. The molecule has 0 spiro atoms. The van der Waals surface area contributed by atoms with Gasteiger partial charge in [-0.25, -0.2) is 9.78 Å². The predicted octanol–water partition coefficient (Wildman–Crippen LogP) is 4.15. The number of nitrogens with zero attached hydrogens (tertiary/aromatic N) is 4. The topological polar surface area (TPSA) is 70.9 Å². The van der Waals surface area contributed by atoms with Gasteiger partial charge in [0.2, 0.25) is 0 Å². The number of nitriles is 1. The fourth-order valence-corrected chi connectivity index (χ4v) is 3.85. The Morgan fingerprint density at radius 3 is 2.68 bits per heavy atom. The number of alkyl halides is 2. The summed E-state index contributed by atoms with van der Waals surface area (Å²) in [5.41, 5.74) is 0.983. The maximum Gasteiger partial charge on any atom is 0.459 e. The Kier molecular flexibility index (Phi) is 5.49. The number of carbonyl (C=O) groups excluding carboxylic acids is 1. The quantitative estimate of drug-likeness (QED) is 0.186. The van der Waals surface area contributed by atoms with Gasteiger partial charge in [-0.2, -0.15) is 18.9 Å². The number of aromatic nitrogens is 2. The van der Waals surface area contributed by atoms with Crippen LogP contribution in [0.2, 0.25) is 0 Å². The Labute approximate surface area is 171 Å². The summed E-state index contributed by atoms with van der Waals surface area (Å²) in [6.07, 6.45) is 1.35. The third kappa shape index (κ3) is 3.76. The summed E-state index contributed by atoms with van der Waals surface area (Å²) in [7, 11) is 1.22. The van der Waals surface area contributed by atoms with Gasteiger partial charge in [-0.3, -0.25) is 4.57 Å². The number of halogens is 3. The van der Waals surface area contributed by atoms with Crippen LogP contribution >= 0.6 is 27.7 Å². The molecule has 1 heterocycles. The standard InChI is InChI=1S/C18H12BrF2N4O2S/c1-24(2)27-16(26)18(20,21)28-17-23-10-15(19)25(17)14-8-7-11(9-22)12-5-3-4-6-13(12)14/h3-8,10H,1H2,2H3/q+1. The van der Waals surface area contributed by atoms with E-state index in [1.54, 1.807) is 36.4 Å². The average Bonchev–Trinajstić information content (AvgIpc) is 2.99. The molecule has 0 saturated carbocycles. The fraction of sp³-hybridized carbons (Fsp3) is 0.111. The van der Waals surface area contributed by atoms with Gasteiger partial charge in [-0.05, 0) is 44.6 Å². The van der Waals surface area contributed by atoms with Crippen molar-refractivity contribution in [1.29, 1.82) is 5.26 Å². The SMILES string of the molecule is C=[N+](C)OC(=O)C(F)(F)Sc1ncc(Br)n1-c1ccc(C#N)c2ccccc12. The summed E-state index contributed by atoms with van der Waals surface area (Å²) >= 11 is 3.25. The molecule has 2 aromatic carbocycles. The first kappa shape index (κ1) is 20.0. The lowest BCUT2D eigenvalue weighted by atomic mass is 10.0. The van der Waals surface area contributed by atoms with E-state index in [4.69, 9.17) is 0 Å². The molecule has 6 nitrogen and oxygen atoms in total. The molecule has 0 fully saturated rings. The van der Waals surface area contributed by atoms with Crippen LogP contribution in [-0.2, 0) is 9.63 Å². The summed E-state index contributed by atoms with van der Waals surface area (Å²) in [5, 5.41) is 6.63. The molecule has 142 valence electrons. The van der Waals surface area contributed by atoms with Crippen LogP contribution in [0, 0.1) is 11.3 Å². The van der Waals surface area contributed by atoms with E-state index in [-0.39, 0.29) is 16.9 Å². The molecular formula is C18H12BrF2N4O2S+. The first-order valence-corrected chi connectivity index (χ1v) is 9.34. The molecule has 0 saturated heterocycles. The lowest BCUT2D eigenvalue weighted by Crippen LogP contribution is -2.30. The van der Waals surface area contributed by atoms with Gasteiger partial charge in [0.1, 0.15) is 4.60 Å². The number of hydroxylamine groups is 1. The second-order valence-electron chi connectivity index (χ2n) is 5.61. The average molecular weight is 466 g/mol. The third-order valence-corrected chi connectivity index (χ3v) is 5.10. The third-order valence-electron chi connectivity index (χ3n) is 3.64. The van der Waals surface area contributed by atoms with Crippen molar-refractivity contribution >= 4 is 51.2 Å². The summed E-state index contributed by atoms with van der Waals surface area (Å²) in [6, 6.07) is 12.5. The smallest absolute Gasteiger partial charge is 0.281 e. The number of hydrogen-bond donors (Lipinski definition) is 0. The molecule has 10 heteroatoms. The van der Waals surface area contributed by atoms with Crippen LogP contribution < -0.4 is 0 Å². The fourth-order valence-electron chi connectivity index (χ4n) is 2.53. The van der Waals surface area contributed by atoms with Gasteiger partial charge >= 0.3 is 11.2 Å². The predicted molar refractivity (Wildman–Crippen MR) is 104 cm³/mol. The van der Waals surface area contributed by atoms with Gasteiger partial charge in [-0.15, -0.1) is 0 Å². The van der Waals surface area contributed by atoms with E-state index in [2.05, 4.69) is 38.5 Å². The molecule has 0 amide bonds. The largest absolute Gasteiger partial charge is 0.459 e. The van der Waals surface area contributed by atoms with E-state index in [1.165, 1.54) is 17.8 Å². The Balaban J connectivity index is 2.11. The van der Waals surface area contributed by atoms with Gasteiger partial charge in [0.05, 0.1) is 23.5 Å². The molecule has 0 aliphatic heterocycles. The zero-order valence-corrected chi connectivity index (χ0v) is 16.8. The Hall–Kier alpha value is -2.77. The van der Waals surface area contributed by atoms with Crippen molar-refractivity contribution in [1.82, 2.24) is 9.55 Å². The minimum atomic E-state index is -3.89. The lowest BCUT2D eigenvalue weighted by Gasteiger charge is -2.15. The first-order chi connectivity index (χ1) is 13.2. The van der Waals surface area contributed by atoms with Crippen molar-refractivity contribution in [3.05, 3.63) is 52.8 Å². The number of benzene rings is 2. The van der Waals surface area contributed by atoms with Gasteiger partial charge in [0.25, 0.3) is 0 Å². The van der Waals surface area contributed by atoms with Crippen LogP contribution in [-0.4, -0.2) is 39.3 Å². The molecular weight excluding hydrogens is 454 g/mol. The number of thioether (sulfide) groups is 1. The molecule has 3 aromatic rings. The highest BCUT2D eigenvalue weighted by molar-refractivity contribution is 9.10. The molecule has 0 N–H and O–H groups in total. The maximum atomic E-state index is 14.3. The zero-order chi connectivity index (χ0) is 20.5. The van der Waals surface area contributed by atoms with Crippen LogP contribution in [0.25, 0.3) is 16.5 Å². The Morgan fingerprint density at radius 2 is 2.04 bits per heavy atom. The highest BCUT2D eigenvalue weighted by Gasteiger charge is 2.47. The van der Waals surface area contributed by atoms with Gasteiger partial charge in [-0.1, -0.05) is 24.3 Å². The van der Waals surface area contributed by atoms with Crippen molar-refractivity contribution in [3.8, 4) is 11.8 Å². The Morgan fingerprint density at radius 1 is 1.36 bits per heavy atom. The first-order valence-electron chi connectivity index (χ1n) is 7.73.